The molecule has 0 aliphatic carbocycles. The van der Waals surface area contributed by atoms with Crippen LogP contribution < -0.4 is 10.5 Å². The molecule has 0 radical (unpaired) electrons. The van der Waals surface area contributed by atoms with E-state index < -0.39 is 0 Å². The summed E-state index contributed by atoms with van der Waals surface area (Å²) in [5.74, 6) is 1.22. The number of aromatic nitrogens is 7. The van der Waals surface area contributed by atoms with Gasteiger partial charge in [-0.15, -0.1) is 10.2 Å². The molecule has 3 heterocycles. The van der Waals surface area contributed by atoms with Gasteiger partial charge in [0.15, 0.2) is 0 Å². The fraction of sp³-hybridized carbons (Fsp3) is 0.212. The van der Waals surface area contributed by atoms with Crippen LogP contribution in [0, 0.1) is 0 Å². The zero-order chi connectivity index (χ0) is 29.8. The highest BCUT2D eigenvalue weighted by molar-refractivity contribution is 5.92. The van der Waals surface area contributed by atoms with Crippen molar-refractivity contribution in [2.45, 2.75) is 39.3 Å². The van der Waals surface area contributed by atoms with Gasteiger partial charge in [-0.1, -0.05) is 80.1 Å². The number of amides is 1. The fourth-order valence-electron chi connectivity index (χ4n) is 5.27. The van der Waals surface area contributed by atoms with Gasteiger partial charge in [-0.25, -0.2) is 4.98 Å². The number of fused-ring (bicyclic) bond motifs is 1. The molecule has 1 amide bonds. The molecule has 0 aliphatic heterocycles. The number of pyridine rings is 1. The van der Waals surface area contributed by atoms with Crippen LogP contribution in [0.5, 0.6) is 0 Å². The third-order valence-electron chi connectivity index (χ3n) is 7.65. The van der Waals surface area contributed by atoms with Crippen molar-refractivity contribution in [3.05, 3.63) is 113 Å². The van der Waals surface area contributed by atoms with Gasteiger partial charge in [0.05, 0.1) is 5.52 Å². The van der Waals surface area contributed by atoms with Gasteiger partial charge in [-0.2, -0.15) is 5.21 Å². The molecule has 0 saturated heterocycles. The molecule has 216 valence electrons. The summed E-state index contributed by atoms with van der Waals surface area (Å²) in [6, 6.07) is 27.4. The lowest BCUT2D eigenvalue weighted by Crippen LogP contribution is -2.34. The maximum Gasteiger partial charge on any atom is 0.277 e. The molecular weight excluding hydrogens is 540 g/mol. The summed E-state index contributed by atoms with van der Waals surface area (Å²) >= 11 is 0. The molecular formula is C33H32N8O2. The topological polar surface area (TPSA) is 115 Å². The Morgan fingerprint density at radius 3 is 2.40 bits per heavy atom. The van der Waals surface area contributed by atoms with Crippen LogP contribution in [0.3, 0.4) is 0 Å². The molecule has 0 atom stereocenters. The van der Waals surface area contributed by atoms with Crippen molar-refractivity contribution in [2.24, 2.45) is 0 Å². The Labute approximate surface area is 248 Å². The number of aromatic amines is 1. The van der Waals surface area contributed by atoms with Crippen LogP contribution in [0.15, 0.2) is 95.9 Å². The number of para-hydroxylation sites is 1. The highest BCUT2D eigenvalue weighted by Crippen LogP contribution is 2.30. The molecule has 3 aromatic heterocycles. The van der Waals surface area contributed by atoms with Crippen molar-refractivity contribution in [3.63, 3.8) is 0 Å². The summed E-state index contributed by atoms with van der Waals surface area (Å²) in [7, 11) is 1.72. The van der Waals surface area contributed by atoms with Crippen LogP contribution >= 0.6 is 0 Å². The first-order valence-corrected chi connectivity index (χ1v) is 14.4. The van der Waals surface area contributed by atoms with Crippen molar-refractivity contribution in [2.75, 3.05) is 11.9 Å². The van der Waals surface area contributed by atoms with E-state index in [9.17, 15) is 9.59 Å². The number of hydrogen-bond acceptors (Lipinski definition) is 6. The quantitative estimate of drug-likeness (QED) is 0.244. The van der Waals surface area contributed by atoms with Crippen molar-refractivity contribution >= 4 is 22.6 Å². The molecule has 3 aromatic carbocycles. The number of aryl methyl sites for hydroxylation is 1. The summed E-state index contributed by atoms with van der Waals surface area (Å²) in [5.41, 5.74) is 5.64. The third-order valence-corrected chi connectivity index (χ3v) is 7.65. The van der Waals surface area contributed by atoms with Crippen LogP contribution in [0.4, 0.5) is 5.69 Å². The maximum absolute atomic E-state index is 13.8. The fourth-order valence-corrected chi connectivity index (χ4v) is 5.27. The van der Waals surface area contributed by atoms with E-state index in [-0.39, 0.29) is 18.0 Å². The Balaban J connectivity index is 1.32. The Hall–Kier alpha value is -5.38. The van der Waals surface area contributed by atoms with Gasteiger partial charge < -0.3 is 14.0 Å². The summed E-state index contributed by atoms with van der Waals surface area (Å²) in [4.78, 5) is 33.3. The zero-order valence-electron chi connectivity index (χ0n) is 24.1. The monoisotopic (exact) mass is 572 g/mol. The van der Waals surface area contributed by atoms with Gasteiger partial charge in [-0.3, -0.25) is 9.59 Å². The minimum Gasteiger partial charge on any atom is -0.319 e. The van der Waals surface area contributed by atoms with Crippen LogP contribution in [-0.2, 0) is 24.3 Å². The average Bonchev–Trinajstić information content (AvgIpc) is 3.71. The normalized spacial score (nSPS) is 11.2. The lowest BCUT2D eigenvalue weighted by atomic mass is 9.98. The molecule has 10 nitrogen and oxygen atoms in total. The number of anilines is 1. The summed E-state index contributed by atoms with van der Waals surface area (Å²) in [6.45, 7) is 2.56. The average molecular weight is 573 g/mol. The summed E-state index contributed by atoms with van der Waals surface area (Å²) < 4.78 is 3.49. The Bertz CT molecular complexity index is 1910. The van der Waals surface area contributed by atoms with E-state index in [0.717, 1.165) is 53.0 Å². The number of rotatable bonds is 10. The van der Waals surface area contributed by atoms with Crippen LogP contribution in [0.25, 0.3) is 33.5 Å². The second kappa shape index (κ2) is 12.2. The predicted molar refractivity (Wildman–Crippen MR) is 167 cm³/mol. The third kappa shape index (κ3) is 5.72. The summed E-state index contributed by atoms with van der Waals surface area (Å²) in [5, 5.41) is 14.5. The minimum atomic E-state index is -0.229. The van der Waals surface area contributed by atoms with Crippen molar-refractivity contribution in [1.29, 1.82) is 0 Å². The first-order valence-electron chi connectivity index (χ1n) is 14.4. The van der Waals surface area contributed by atoms with E-state index >= 15 is 0 Å². The van der Waals surface area contributed by atoms with E-state index in [1.807, 2.05) is 65.2 Å². The van der Waals surface area contributed by atoms with E-state index in [1.165, 1.54) is 4.57 Å². The van der Waals surface area contributed by atoms with Crippen molar-refractivity contribution in [3.8, 4) is 22.5 Å². The highest BCUT2D eigenvalue weighted by Gasteiger charge is 2.19. The van der Waals surface area contributed by atoms with Gasteiger partial charge in [0.1, 0.15) is 17.9 Å². The van der Waals surface area contributed by atoms with Crippen LogP contribution in [0.2, 0.25) is 0 Å². The number of carbonyl (C=O) groups excluding carboxylic acids is 1. The Morgan fingerprint density at radius 1 is 0.930 bits per heavy atom. The van der Waals surface area contributed by atoms with Gasteiger partial charge >= 0.3 is 0 Å². The standard InChI is InChI=1S/C33H32N8O2/c1-3-4-14-29-34-28-19-20-40(22-30(42)39(2)25-10-6-5-7-11-25)33(43)31(28)41(29)21-23-15-17-24(18-16-23)26-12-8-9-13-27(26)32-35-37-38-36-32/h5-13,15-20H,3-4,14,21-22H2,1-2H3,(H,35,36,37,38). The smallest absolute Gasteiger partial charge is 0.277 e. The number of hydrogen-bond donors (Lipinski definition) is 1. The summed E-state index contributed by atoms with van der Waals surface area (Å²) in [6.07, 6.45) is 4.40. The molecule has 0 saturated carbocycles. The number of carbonyl (C=O) groups is 1. The Kier molecular flexibility index (Phi) is 7.90. The first kappa shape index (κ1) is 27.8. The number of unbranched alkanes of at least 4 members (excludes halogenated alkanes) is 1. The number of nitrogens with zero attached hydrogens (tertiary/aromatic N) is 7. The SMILES string of the molecule is CCCCc1nc2ccn(CC(=O)N(C)c3ccccc3)c(=O)c2n1Cc1ccc(-c2ccccc2-c2nn[nH]n2)cc1. The Morgan fingerprint density at radius 2 is 1.67 bits per heavy atom. The highest BCUT2D eigenvalue weighted by atomic mass is 16.2. The zero-order valence-corrected chi connectivity index (χ0v) is 24.1. The van der Waals surface area contributed by atoms with E-state index in [1.54, 1.807) is 18.1 Å². The second-order valence-corrected chi connectivity index (χ2v) is 10.5. The van der Waals surface area contributed by atoms with Crippen LogP contribution in [0.1, 0.15) is 31.2 Å². The van der Waals surface area contributed by atoms with Crippen molar-refractivity contribution < 1.29 is 4.79 Å². The first-order chi connectivity index (χ1) is 21.0. The van der Waals surface area contributed by atoms with E-state index in [4.69, 9.17) is 4.98 Å². The van der Waals surface area contributed by atoms with E-state index in [0.29, 0.717) is 23.4 Å². The molecule has 0 aliphatic rings. The molecule has 6 rings (SSSR count). The molecule has 6 aromatic rings. The molecule has 1 N–H and O–H groups in total. The second-order valence-electron chi connectivity index (χ2n) is 10.5. The number of benzene rings is 3. The van der Waals surface area contributed by atoms with Gasteiger partial charge in [0.2, 0.25) is 11.7 Å². The number of nitrogens with one attached hydrogen (secondary N) is 1. The molecule has 0 spiro atoms. The number of likely N-dealkylation sites (N-methyl/N-ethyl adjacent to an activating group) is 1. The number of imidazole rings is 1. The van der Waals surface area contributed by atoms with E-state index in [2.05, 4.69) is 51.8 Å². The van der Waals surface area contributed by atoms with Gasteiger partial charge in [0.25, 0.3) is 5.56 Å². The molecule has 0 unspecified atom stereocenters. The van der Waals surface area contributed by atoms with Crippen molar-refractivity contribution in [1.82, 2.24) is 34.7 Å². The molecule has 0 bridgehead atoms. The van der Waals surface area contributed by atoms with Gasteiger partial charge in [0, 0.05) is 37.5 Å². The number of tetrazole rings is 1. The maximum atomic E-state index is 13.8. The van der Waals surface area contributed by atoms with Gasteiger partial charge in [-0.05, 0) is 46.5 Å². The lowest BCUT2D eigenvalue weighted by Gasteiger charge is -2.18. The molecule has 43 heavy (non-hydrogen) atoms. The predicted octanol–water partition coefficient (Wildman–Crippen LogP) is 5.10. The molecule has 0 fully saturated rings. The molecule has 10 heteroatoms. The van der Waals surface area contributed by atoms with Crippen LogP contribution in [-0.4, -0.2) is 47.7 Å². The number of H-pyrrole nitrogens is 1. The minimum absolute atomic E-state index is 0.0654. The lowest BCUT2D eigenvalue weighted by molar-refractivity contribution is -0.118. The largest absolute Gasteiger partial charge is 0.319 e.